The van der Waals surface area contributed by atoms with E-state index in [1.54, 1.807) is 0 Å². The van der Waals surface area contributed by atoms with E-state index in [9.17, 15) is 5.11 Å². The molecular formula is C28H25ClN2O. The molecule has 1 unspecified atom stereocenters. The summed E-state index contributed by atoms with van der Waals surface area (Å²) in [5, 5.41) is 14.9. The number of aromatic nitrogens is 1. The van der Waals surface area contributed by atoms with Crippen molar-refractivity contribution in [3.05, 3.63) is 101 Å². The van der Waals surface area contributed by atoms with Crippen LogP contribution < -0.4 is 0 Å². The first-order valence-corrected chi connectivity index (χ1v) is 11.1. The first-order chi connectivity index (χ1) is 15.5. The minimum atomic E-state index is -0.0138. The lowest BCUT2D eigenvalue weighted by atomic mass is 9.92. The maximum atomic E-state index is 10.9. The summed E-state index contributed by atoms with van der Waals surface area (Å²) in [7, 11) is 4.12. The fraction of sp³-hybridized carbons (Fsp3) is 0.143. The molecule has 0 spiro atoms. The predicted octanol–water partition coefficient (Wildman–Crippen LogP) is 7.19. The number of rotatable bonds is 5. The summed E-state index contributed by atoms with van der Waals surface area (Å²) >= 11 is 6.39. The van der Waals surface area contributed by atoms with Gasteiger partial charge in [0.2, 0.25) is 0 Å². The van der Waals surface area contributed by atoms with E-state index in [1.807, 2.05) is 48.5 Å². The van der Waals surface area contributed by atoms with Gasteiger partial charge < -0.3 is 15.0 Å². The highest BCUT2D eigenvalue weighted by Gasteiger charge is 2.23. The Balaban J connectivity index is 1.68. The summed E-state index contributed by atoms with van der Waals surface area (Å²) in [4.78, 5) is 5.78. The van der Waals surface area contributed by atoms with Gasteiger partial charge in [-0.1, -0.05) is 66.2 Å². The summed E-state index contributed by atoms with van der Waals surface area (Å²) in [5.74, 6) is 0.321. The lowest BCUT2D eigenvalue weighted by Crippen LogP contribution is -2.22. The monoisotopic (exact) mass is 440 g/mol. The van der Waals surface area contributed by atoms with Crippen LogP contribution in [0.3, 0.4) is 0 Å². The largest absolute Gasteiger partial charge is 0.508 e. The van der Waals surface area contributed by atoms with Crippen molar-refractivity contribution in [2.45, 2.75) is 12.5 Å². The van der Waals surface area contributed by atoms with Crippen LogP contribution in [0.25, 0.3) is 32.9 Å². The molecule has 4 heteroatoms. The molecule has 2 N–H and O–H groups in total. The van der Waals surface area contributed by atoms with Crippen LogP contribution in [0.2, 0.25) is 5.02 Å². The lowest BCUT2D eigenvalue weighted by molar-refractivity contribution is 0.290. The third kappa shape index (κ3) is 3.75. The molecule has 0 aliphatic carbocycles. The van der Waals surface area contributed by atoms with Crippen molar-refractivity contribution in [2.75, 3.05) is 14.1 Å². The van der Waals surface area contributed by atoms with Gasteiger partial charge in [-0.3, -0.25) is 0 Å². The van der Waals surface area contributed by atoms with Gasteiger partial charge in [0.1, 0.15) is 5.75 Å². The molecule has 160 valence electrons. The number of H-pyrrole nitrogens is 1. The van der Waals surface area contributed by atoms with Gasteiger partial charge in [-0.2, -0.15) is 0 Å². The van der Waals surface area contributed by atoms with E-state index >= 15 is 0 Å². The van der Waals surface area contributed by atoms with Crippen LogP contribution in [0.15, 0.2) is 84.9 Å². The number of hydrogen-bond acceptors (Lipinski definition) is 2. The molecule has 1 heterocycles. The molecule has 32 heavy (non-hydrogen) atoms. The van der Waals surface area contributed by atoms with Crippen molar-refractivity contribution >= 4 is 33.3 Å². The van der Waals surface area contributed by atoms with E-state index in [0.717, 1.165) is 44.9 Å². The highest BCUT2D eigenvalue weighted by molar-refractivity contribution is 6.31. The first kappa shape index (κ1) is 20.6. The third-order valence-electron chi connectivity index (χ3n) is 6.21. The summed E-state index contributed by atoms with van der Waals surface area (Å²) in [6, 6.07) is 28.4. The van der Waals surface area contributed by atoms with E-state index in [4.69, 9.17) is 11.6 Å². The Morgan fingerprint density at radius 1 is 0.875 bits per heavy atom. The molecule has 0 fully saturated rings. The predicted molar refractivity (Wildman–Crippen MR) is 134 cm³/mol. The topological polar surface area (TPSA) is 39.3 Å². The van der Waals surface area contributed by atoms with Crippen LogP contribution in [0.4, 0.5) is 0 Å². The number of phenols is 1. The zero-order valence-electron chi connectivity index (χ0n) is 18.1. The van der Waals surface area contributed by atoms with Crippen molar-refractivity contribution in [3.63, 3.8) is 0 Å². The molecule has 5 aromatic rings. The number of nitrogens with zero attached hydrogens (tertiary/aromatic N) is 1. The maximum absolute atomic E-state index is 10.9. The number of aromatic hydroxyl groups is 1. The summed E-state index contributed by atoms with van der Waals surface area (Å²) in [5.41, 5.74) is 5.40. The molecule has 4 aromatic carbocycles. The molecule has 3 nitrogen and oxygen atoms in total. The molecule has 0 bridgehead atoms. The van der Waals surface area contributed by atoms with Crippen molar-refractivity contribution in [3.8, 4) is 17.0 Å². The Hall–Kier alpha value is -3.27. The quantitative estimate of drug-likeness (QED) is 0.303. The van der Waals surface area contributed by atoms with E-state index < -0.39 is 0 Å². The number of halogens is 1. The highest BCUT2D eigenvalue weighted by atomic mass is 35.5. The normalized spacial score (nSPS) is 12.6. The van der Waals surface area contributed by atoms with E-state index in [2.05, 4.69) is 60.4 Å². The molecule has 0 aliphatic heterocycles. The average molecular weight is 441 g/mol. The van der Waals surface area contributed by atoms with Crippen LogP contribution in [-0.4, -0.2) is 29.1 Å². The van der Waals surface area contributed by atoms with Crippen LogP contribution in [0, 0.1) is 0 Å². The van der Waals surface area contributed by atoms with Gasteiger partial charge in [-0.05, 0) is 72.7 Å². The van der Waals surface area contributed by atoms with Gasteiger partial charge in [-0.25, -0.2) is 0 Å². The Kier molecular flexibility index (Phi) is 5.38. The molecule has 0 saturated carbocycles. The Morgan fingerprint density at radius 3 is 2.28 bits per heavy atom. The van der Waals surface area contributed by atoms with Crippen molar-refractivity contribution < 1.29 is 5.11 Å². The minimum absolute atomic E-state index is 0.0138. The van der Waals surface area contributed by atoms with Crippen molar-refractivity contribution in [1.29, 1.82) is 0 Å². The van der Waals surface area contributed by atoms with Crippen LogP contribution in [0.5, 0.6) is 5.75 Å². The fourth-order valence-corrected chi connectivity index (χ4v) is 4.73. The zero-order valence-corrected chi connectivity index (χ0v) is 18.9. The Bertz CT molecular complexity index is 1410. The smallest absolute Gasteiger partial charge is 0.121 e. The minimum Gasteiger partial charge on any atom is -0.508 e. The second kappa shape index (κ2) is 8.34. The van der Waals surface area contributed by atoms with Gasteiger partial charge in [0.25, 0.3) is 0 Å². The van der Waals surface area contributed by atoms with Crippen molar-refractivity contribution in [2.24, 2.45) is 0 Å². The zero-order chi connectivity index (χ0) is 22.2. The molecule has 0 aliphatic rings. The summed E-state index contributed by atoms with van der Waals surface area (Å²) < 4.78 is 0. The van der Waals surface area contributed by atoms with E-state index in [-0.39, 0.29) is 6.04 Å². The number of fused-ring (bicyclic) bond motifs is 2. The molecule has 0 saturated heterocycles. The first-order valence-electron chi connectivity index (χ1n) is 10.7. The van der Waals surface area contributed by atoms with Gasteiger partial charge in [0, 0.05) is 33.2 Å². The third-order valence-corrected chi connectivity index (χ3v) is 6.44. The van der Waals surface area contributed by atoms with E-state index in [1.165, 1.54) is 5.56 Å². The Morgan fingerprint density at radius 2 is 1.56 bits per heavy atom. The van der Waals surface area contributed by atoms with Gasteiger partial charge in [0.05, 0.1) is 0 Å². The molecule has 1 aromatic heterocycles. The fourth-order valence-electron chi connectivity index (χ4n) is 4.56. The lowest BCUT2D eigenvalue weighted by Gasteiger charge is -2.26. The summed E-state index contributed by atoms with van der Waals surface area (Å²) in [6.07, 6.45) is 0.726. The highest BCUT2D eigenvalue weighted by Crippen LogP contribution is 2.39. The van der Waals surface area contributed by atoms with Crippen LogP contribution >= 0.6 is 11.6 Å². The molecular weight excluding hydrogens is 416 g/mol. The molecule has 5 rings (SSSR count). The Labute approximate surface area is 192 Å². The maximum Gasteiger partial charge on any atom is 0.121 e. The summed E-state index contributed by atoms with van der Waals surface area (Å²) in [6.45, 7) is 0. The second-order valence-electron chi connectivity index (χ2n) is 8.48. The van der Waals surface area contributed by atoms with Gasteiger partial charge in [0.15, 0.2) is 0 Å². The van der Waals surface area contributed by atoms with Gasteiger partial charge in [-0.15, -0.1) is 0 Å². The number of hydrogen-bond donors (Lipinski definition) is 2. The SMILES string of the molecule is CN(C)C(Cc1c(-c2ccccc2)[nH]c2ccc(Cl)cc12)c1cc2ccccc2cc1O. The number of benzene rings is 4. The van der Waals surface area contributed by atoms with Crippen molar-refractivity contribution in [1.82, 2.24) is 9.88 Å². The standard InChI is InChI=1S/C28H25ClN2O/c1-31(2)26(24-14-19-10-6-7-11-20(19)15-27(24)32)17-23-22-16-21(29)12-13-25(22)30-28(23)18-8-4-3-5-9-18/h3-16,26,30,32H,17H2,1-2H3. The number of nitrogens with one attached hydrogen (secondary N) is 1. The van der Waals surface area contributed by atoms with Gasteiger partial charge >= 0.3 is 0 Å². The number of phenolic OH excluding ortho intramolecular Hbond substituents is 1. The molecule has 1 atom stereocenters. The van der Waals surface area contributed by atoms with E-state index in [0.29, 0.717) is 10.8 Å². The molecule has 0 amide bonds. The number of likely N-dealkylation sites (N-methyl/N-ethyl adjacent to an activating group) is 1. The number of aromatic amines is 1. The molecule has 0 radical (unpaired) electrons. The van der Waals surface area contributed by atoms with Crippen LogP contribution in [-0.2, 0) is 6.42 Å². The second-order valence-corrected chi connectivity index (χ2v) is 8.91. The van der Waals surface area contributed by atoms with Crippen LogP contribution in [0.1, 0.15) is 17.2 Å². The average Bonchev–Trinajstić information content (AvgIpc) is 3.15.